The summed E-state index contributed by atoms with van der Waals surface area (Å²) in [5.41, 5.74) is 0.588. The molecule has 4 nitrogen and oxygen atoms in total. The van der Waals surface area contributed by atoms with Gasteiger partial charge in [0.1, 0.15) is 6.34 Å². The Bertz CT molecular complexity index is 422. The first-order chi connectivity index (χ1) is 10.4. The van der Waals surface area contributed by atoms with Gasteiger partial charge < -0.3 is 4.98 Å². The van der Waals surface area contributed by atoms with Gasteiger partial charge in [-0.3, -0.25) is 0 Å². The molecule has 0 radical (unpaired) electrons. The number of aliphatic imine (C=N–C) groups is 1. The van der Waals surface area contributed by atoms with E-state index in [4.69, 9.17) is 0 Å². The predicted molar refractivity (Wildman–Crippen MR) is 87.7 cm³/mol. The zero-order valence-electron chi connectivity index (χ0n) is 13.2. The van der Waals surface area contributed by atoms with Gasteiger partial charge in [-0.1, -0.05) is 58.3 Å². The van der Waals surface area contributed by atoms with Gasteiger partial charge in [-0.25, -0.2) is 4.99 Å². The van der Waals surface area contributed by atoms with Crippen LogP contribution in [0.3, 0.4) is 0 Å². The minimum Gasteiger partial charge on any atom is -0.361 e. The molecule has 1 aromatic rings. The number of hydrogen-bond donors (Lipinski definition) is 1. The van der Waals surface area contributed by atoms with Crippen LogP contribution in [0, 0.1) is 0 Å². The fourth-order valence-corrected chi connectivity index (χ4v) is 2.90. The van der Waals surface area contributed by atoms with Crippen molar-refractivity contribution in [3.8, 4) is 0 Å². The van der Waals surface area contributed by atoms with Gasteiger partial charge in [-0.05, 0) is 18.6 Å². The maximum atomic E-state index is 4.49. The molecule has 0 saturated carbocycles. The highest BCUT2D eigenvalue weighted by Gasteiger charge is 2.33. The van der Waals surface area contributed by atoms with Crippen LogP contribution in [0.2, 0.25) is 0 Å². The smallest absolute Gasteiger partial charge is 0.212 e. The Balaban J connectivity index is 1.61. The molecule has 116 valence electrons. The number of rotatable bonds is 11. The maximum Gasteiger partial charge on any atom is 0.212 e. The number of H-pyrrole nitrogens is 1. The molecule has 1 unspecified atom stereocenters. The second-order valence-corrected chi connectivity index (χ2v) is 5.94. The first-order valence-corrected chi connectivity index (χ1v) is 8.47. The Hall–Kier alpha value is -1.45. The number of unbranched alkanes of at least 4 members (excludes halogenated alkanes) is 8. The van der Waals surface area contributed by atoms with Gasteiger partial charge in [-0.2, -0.15) is 5.11 Å². The van der Waals surface area contributed by atoms with E-state index in [0.717, 1.165) is 18.5 Å². The van der Waals surface area contributed by atoms with Crippen molar-refractivity contribution < 1.29 is 0 Å². The van der Waals surface area contributed by atoms with Crippen molar-refractivity contribution in [1.29, 1.82) is 0 Å². The quantitative estimate of drug-likeness (QED) is 0.517. The third kappa shape index (κ3) is 4.80. The van der Waals surface area contributed by atoms with E-state index in [2.05, 4.69) is 33.2 Å². The van der Waals surface area contributed by atoms with Gasteiger partial charge in [0, 0.05) is 12.6 Å². The zero-order chi connectivity index (χ0) is 14.8. The molecular formula is C17H28N4. The zero-order valence-corrected chi connectivity index (χ0v) is 13.2. The molecule has 0 saturated heterocycles. The monoisotopic (exact) mass is 288 g/mol. The van der Waals surface area contributed by atoms with Crippen LogP contribution in [0.1, 0.15) is 76.8 Å². The molecule has 4 heteroatoms. The number of azo groups is 1. The van der Waals surface area contributed by atoms with Gasteiger partial charge in [0.25, 0.3) is 0 Å². The van der Waals surface area contributed by atoms with E-state index in [-0.39, 0.29) is 0 Å². The molecule has 0 fully saturated rings. The fraction of sp³-hybridized carbons (Fsp3) is 0.706. The van der Waals surface area contributed by atoms with E-state index < -0.39 is 5.66 Å². The van der Waals surface area contributed by atoms with Crippen molar-refractivity contribution in [1.82, 2.24) is 4.98 Å². The molecular weight excluding hydrogens is 260 g/mol. The highest BCUT2D eigenvalue weighted by Crippen LogP contribution is 2.34. The Labute approximate surface area is 128 Å². The molecule has 21 heavy (non-hydrogen) atoms. The highest BCUT2D eigenvalue weighted by molar-refractivity contribution is 5.57. The largest absolute Gasteiger partial charge is 0.361 e. The summed E-state index contributed by atoms with van der Waals surface area (Å²) in [6.45, 7) is 2.27. The Kier molecular flexibility index (Phi) is 6.64. The minimum atomic E-state index is -0.468. The molecule has 1 aromatic heterocycles. The molecule has 1 N–H and O–H groups in total. The van der Waals surface area contributed by atoms with Gasteiger partial charge in [0.15, 0.2) is 0 Å². The predicted octanol–water partition coefficient (Wildman–Crippen LogP) is 5.58. The van der Waals surface area contributed by atoms with Gasteiger partial charge in [0.2, 0.25) is 5.66 Å². The third-order valence-electron chi connectivity index (χ3n) is 4.20. The van der Waals surface area contributed by atoms with Crippen molar-refractivity contribution >= 4 is 6.34 Å². The van der Waals surface area contributed by atoms with E-state index in [1.807, 2.05) is 12.3 Å². The van der Waals surface area contributed by atoms with Crippen molar-refractivity contribution in [2.75, 3.05) is 0 Å². The summed E-state index contributed by atoms with van der Waals surface area (Å²) in [5, 5.41) is 8.31. The molecule has 1 aliphatic heterocycles. The summed E-state index contributed by atoms with van der Waals surface area (Å²) in [4.78, 5) is 7.72. The van der Waals surface area contributed by atoms with Gasteiger partial charge >= 0.3 is 0 Å². The molecule has 1 atom stereocenters. The molecule has 0 aromatic carbocycles. The first kappa shape index (κ1) is 15.9. The lowest BCUT2D eigenvalue weighted by Crippen LogP contribution is -2.19. The Morgan fingerprint density at radius 3 is 2.29 bits per heavy atom. The van der Waals surface area contributed by atoms with Crippen molar-refractivity contribution in [2.24, 2.45) is 15.2 Å². The van der Waals surface area contributed by atoms with Crippen LogP contribution in [0.15, 0.2) is 33.6 Å². The average molecular weight is 288 g/mol. The Morgan fingerprint density at radius 2 is 1.71 bits per heavy atom. The van der Waals surface area contributed by atoms with Crippen molar-refractivity contribution in [2.45, 2.75) is 76.8 Å². The molecule has 0 amide bonds. The number of nitrogens with zero attached hydrogens (tertiary/aromatic N) is 3. The van der Waals surface area contributed by atoms with Gasteiger partial charge in [-0.15, -0.1) is 5.11 Å². The molecule has 0 aliphatic carbocycles. The highest BCUT2D eigenvalue weighted by atomic mass is 15.3. The second kappa shape index (κ2) is 8.75. The van der Waals surface area contributed by atoms with E-state index in [9.17, 15) is 0 Å². The molecule has 2 heterocycles. The summed E-state index contributed by atoms with van der Waals surface area (Å²) in [6, 6.07) is 4.05. The van der Waals surface area contributed by atoms with Crippen LogP contribution >= 0.6 is 0 Å². The first-order valence-electron chi connectivity index (χ1n) is 8.47. The lowest BCUT2D eigenvalue weighted by molar-refractivity contribution is 0.395. The lowest BCUT2D eigenvalue weighted by atomic mass is 9.98. The van der Waals surface area contributed by atoms with Crippen molar-refractivity contribution in [3.05, 3.63) is 24.0 Å². The van der Waals surface area contributed by atoms with Crippen LogP contribution in [0.4, 0.5) is 0 Å². The SMILES string of the molecule is CCCCCCCCCCCC1(c2ccc[nH]2)N=CN=N1. The third-order valence-corrected chi connectivity index (χ3v) is 4.20. The van der Waals surface area contributed by atoms with E-state index >= 15 is 0 Å². The van der Waals surface area contributed by atoms with Crippen LogP contribution in [0.25, 0.3) is 0 Å². The normalized spacial score (nSPS) is 20.4. The second-order valence-electron chi connectivity index (χ2n) is 5.94. The molecule has 1 aliphatic rings. The fourth-order valence-electron chi connectivity index (χ4n) is 2.90. The number of aromatic nitrogens is 1. The minimum absolute atomic E-state index is 0.468. The van der Waals surface area contributed by atoms with Crippen LogP contribution < -0.4 is 0 Å². The maximum absolute atomic E-state index is 4.49. The van der Waals surface area contributed by atoms with E-state index in [0.29, 0.717) is 0 Å². The molecule has 2 rings (SSSR count). The van der Waals surface area contributed by atoms with Crippen LogP contribution in [0.5, 0.6) is 0 Å². The Morgan fingerprint density at radius 1 is 1.00 bits per heavy atom. The van der Waals surface area contributed by atoms with Crippen LogP contribution in [-0.2, 0) is 5.66 Å². The topological polar surface area (TPSA) is 52.9 Å². The molecule has 0 spiro atoms. The number of hydrogen-bond acceptors (Lipinski definition) is 3. The summed E-state index contributed by atoms with van der Waals surface area (Å²) in [5.74, 6) is 0. The summed E-state index contributed by atoms with van der Waals surface area (Å²) in [7, 11) is 0. The van der Waals surface area contributed by atoms with E-state index in [1.54, 1.807) is 6.34 Å². The lowest BCUT2D eigenvalue weighted by Gasteiger charge is -2.20. The summed E-state index contributed by atoms with van der Waals surface area (Å²) >= 11 is 0. The standard InChI is InChI=1S/C17H28N4/c1-2-3-4-5-6-7-8-9-10-13-17(19-15-20-21-17)16-12-11-14-18-16/h11-12,14-15,18H,2-10,13H2,1H3. The van der Waals surface area contributed by atoms with Crippen molar-refractivity contribution in [3.63, 3.8) is 0 Å². The summed E-state index contributed by atoms with van der Waals surface area (Å²) < 4.78 is 0. The molecule has 0 bridgehead atoms. The average Bonchev–Trinajstić information content (AvgIpc) is 3.17. The van der Waals surface area contributed by atoms with Crippen LogP contribution in [-0.4, -0.2) is 11.3 Å². The summed E-state index contributed by atoms with van der Waals surface area (Å²) in [6.07, 6.45) is 16.5. The van der Waals surface area contributed by atoms with E-state index in [1.165, 1.54) is 51.4 Å². The number of nitrogens with one attached hydrogen (secondary N) is 1. The van der Waals surface area contributed by atoms with Gasteiger partial charge in [0.05, 0.1) is 5.69 Å². The number of aromatic amines is 1.